The molecule has 2 rings (SSSR count). The molecule has 1 N–H and O–H groups in total. The Morgan fingerprint density at radius 2 is 2.38 bits per heavy atom. The van der Waals surface area contributed by atoms with Crippen LogP contribution in [-0.2, 0) is 11.2 Å². The summed E-state index contributed by atoms with van der Waals surface area (Å²) in [6.45, 7) is 4.25. The van der Waals surface area contributed by atoms with E-state index in [1.807, 2.05) is 20.0 Å². The van der Waals surface area contributed by atoms with E-state index in [0.717, 1.165) is 25.4 Å². The average molecular weight is 221 g/mol. The SMILES string of the molecule is CCOc1ccc2c(c1)C(NC)COCC2. The fraction of sp³-hybridized carbons (Fsp3) is 0.538. The zero-order chi connectivity index (χ0) is 11.4. The molecule has 1 aliphatic rings. The highest BCUT2D eigenvalue weighted by atomic mass is 16.5. The summed E-state index contributed by atoms with van der Waals surface area (Å²) in [7, 11) is 1.97. The van der Waals surface area contributed by atoms with Gasteiger partial charge in [0, 0.05) is 0 Å². The Kier molecular flexibility index (Phi) is 3.80. The first-order valence-corrected chi connectivity index (χ1v) is 5.85. The summed E-state index contributed by atoms with van der Waals surface area (Å²) in [5.74, 6) is 0.948. The highest BCUT2D eigenvalue weighted by Crippen LogP contribution is 2.26. The van der Waals surface area contributed by atoms with Crippen LogP contribution < -0.4 is 10.1 Å². The minimum atomic E-state index is 0.276. The second-order valence-corrected chi connectivity index (χ2v) is 3.96. The van der Waals surface area contributed by atoms with Gasteiger partial charge in [-0.1, -0.05) is 6.07 Å². The van der Waals surface area contributed by atoms with Crippen molar-refractivity contribution in [2.75, 3.05) is 26.9 Å². The Bertz CT molecular complexity index is 352. The molecule has 3 heteroatoms. The lowest BCUT2D eigenvalue weighted by Gasteiger charge is -2.17. The highest BCUT2D eigenvalue weighted by Gasteiger charge is 2.18. The van der Waals surface area contributed by atoms with Gasteiger partial charge in [0.15, 0.2) is 0 Å². The van der Waals surface area contributed by atoms with Gasteiger partial charge in [-0.05, 0) is 43.7 Å². The molecule has 3 nitrogen and oxygen atoms in total. The van der Waals surface area contributed by atoms with Crippen molar-refractivity contribution in [2.45, 2.75) is 19.4 Å². The molecule has 1 atom stereocenters. The molecule has 0 spiro atoms. The topological polar surface area (TPSA) is 30.5 Å². The molecule has 0 amide bonds. The largest absolute Gasteiger partial charge is 0.494 e. The van der Waals surface area contributed by atoms with E-state index < -0.39 is 0 Å². The van der Waals surface area contributed by atoms with Crippen LogP contribution in [0.25, 0.3) is 0 Å². The molecular formula is C13H19NO2. The lowest BCUT2D eigenvalue weighted by atomic mass is 9.99. The lowest BCUT2D eigenvalue weighted by Crippen LogP contribution is -2.21. The van der Waals surface area contributed by atoms with Crippen molar-refractivity contribution in [1.29, 1.82) is 0 Å². The van der Waals surface area contributed by atoms with Gasteiger partial charge in [0.2, 0.25) is 0 Å². The molecule has 1 aliphatic heterocycles. The van der Waals surface area contributed by atoms with Crippen molar-refractivity contribution in [3.05, 3.63) is 29.3 Å². The second kappa shape index (κ2) is 5.32. The summed E-state index contributed by atoms with van der Waals surface area (Å²) >= 11 is 0. The Labute approximate surface area is 96.8 Å². The summed E-state index contributed by atoms with van der Waals surface area (Å²) in [6.07, 6.45) is 0.986. The molecule has 0 radical (unpaired) electrons. The lowest BCUT2D eigenvalue weighted by molar-refractivity contribution is 0.123. The first-order valence-electron chi connectivity index (χ1n) is 5.85. The minimum Gasteiger partial charge on any atom is -0.494 e. The maximum absolute atomic E-state index is 5.58. The number of ether oxygens (including phenoxy) is 2. The third-order valence-electron chi connectivity index (χ3n) is 2.95. The minimum absolute atomic E-state index is 0.276. The van der Waals surface area contributed by atoms with Crippen LogP contribution >= 0.6 is 0 Å². The van der Waals surface area contributed by atoms with E-state index in [-0.39, 0.29) is 6.04 Å². The van der Waals surface area contributed by atoms with Gasteiger partial charge in [0.05, 0.1) is 25.9 Å². The molecule has 0 aliphatic carbocycles. The molecule has 1 unspecified atom stereocenters. The third-order valence-corrected chi connectivity index (χ3v) is 2.95. The first kappa shape index (κ1) is 11.4. The van der Waals surface area contributed by atoms with Gasteiger partial charge < -0.3 is 14.8 Å². The van der Waals surface area contributed by atoms with Gasteiger partial charge in [-0.2, -0.15) is 0 Å². The van der Waals surface area contributed by atoms with Crippen LogP contribution in [0.4, 0.5) is 0 Å². The van der Waals surface area contributed by atoms with Crippen molar-refractivity contribution in [3.63, 3.8) is 0 Å². The molecular weight excluding hydrogens is 202 g/mol. The van der Waals surface area contributed by atoms with Gasteiger partial charge in [-0.3, -0.25) is 0 Å². The van der Waals surface area contributed by atoms with E-state index in [1.165, 1.54) is 11.1 Å². The quantitative estimate of drug-likeness (QED) is 0.846. The van der Waals surface area contributed by atoms with E-state index in [0.29, 0.717) is 6.61 Å². The van der Waals surface area contributed by atoms with Gasteiger partial charge in [0.1, 0.15) is 5.75 Å². The number of rotatable bonds is 3. The number of hydrogen-bond donors (Lipinski definition) is 1. The van der Waals surface area contributed by atoms with Gasteiger partial charge >= 0.3 is 0 Å². The van der Waals surface area contributed by atoms with Crippen LogP contribution in [0.2, 0.25) is 0 Å². The fourth-order valence-electron chi connectivity index (χ4n) is 2.09. The normalized spacial score (nSPS) is 20.0. The van der Waals surface area contributed by atoms with E-state index in [1.54, 1.807) is 0 Å². The van der Waals surface area contributed by atoms with Crippen LogP contribution in [0.15, 0.2) is 18.2 Å². The summed E-state index contributed by atoms with van der Waals surface area (Å²) in [5, 5.41) is 3.29. The van der Waals surface area contributed by atoms with Crippen molar-refractivity contribution >= 4 is 0 Å². The highest BCUT2D eigenvalue weighted by molar-refractivity contribution is 5.38. The standard InChI is InChI=1S/C13H19NO2/c1-3-16-11-5-4-10-6-7-15-9-13(14-2)12(10)8-11/h4-5,8,13-14H,3,6-7,9H2,1-2H3. The molecule has 0 saturated carbocycles. The molecule has 1 aromatic carbocycles. The van der Waals surface area contributed by atoms with Crippen LogP contribution in [0.3, 0.4) is 0 Å². The molecule has 16 heavy (non-hydrogen) atoms. The fourth-order valence-corrected chi connectivity index (χ4v) is 2.09. The predicted octanol–water partition coefficient (Wildman–Crippen LogP) is 1.92. The van der Waals surface area contributed by atoms with E-state index in [9.17, 15) is 0 Å². The Morgan fingerprint density at radius 3 is 3.12 bits per heavy atom. The summed E-state index contributed by atoms with van der Waals surface area (Å²) in [5.41, 5.74) is 2.67. The summed E-state index contributed by atoms with van der Waals surface area (Å²) < 4.78 is 11.1. The molecule has 0 saturated heterocycles. The Balaban J connectivity index is 2.32. The van der Waals surface area contributed by atoms with Crippen LogP contribution in [-0.4, -0.2) is 26.9 Å². The first-order chi connectivity index (χ1) is 7.85. The molecule has 1 aromatic rings. The Hall–Kier alpha value is -1.06. The second-order valence-electron chi connectivity index (χ2n) is 3.96. The van der Waals surface area contributed by atoms with Crippen LogP contribution in [0, 0.1) is 0 Å². The van der Waals surface area contributed by atoms with Crippen LogP contribution in [0.1, 0.15) is 24.1 Å². The summed E-state index contributed by atoms with van der Waals surface area (Å²) in [6, 6.07) is 6.60. The zero-order valence-electron chi connectivity index (χ0n) is 9.95. The molecule has 88 valence electrons. The maximum Gasteiger partial charge on any atom is 0.119 e. The number of fused-ring (bicyclic) bond motifs is 1. The predicted molar refractivity (Wildman–Crippen MR) is 63.9 cm³/mol. The number of hydrogen-bond acceptors (Lipinski definition) is 3. The van der Waals surface area contributed by atoms with E-state index in [2.05, 4.69) is 17.4 Å². The number of nitrogens with one attached hydrogen (secondary N) is 1. The van der Waals surface area contributed by atoms with Crippen molar-refractivity contribution < 1.29 is 9.47 Å². The third kappa shape index (κ3) is 2.36. The van der Waals surface area contributed by atoms with Crippen LogP contribution in [0.5, 0.6) is 5.75 Å². The van der Waals surface area contributed by atoms with Gasteiger partial charge in [-0.15, -0.1) is 0 Å². The van der Waals surface area contributed by atoms with Crippen molar-refractivity contribution in [3.8, 4) is 5.75 Å². The van der Waals surface area contributed by atoms with Gasteiger partial charge in [0.25, 0.3) is 0 Å². The van der Waals surface area contributed by atoms with E-state index in [4.69, 9.17) is 9.47 Å². The molecule has 0 fully saturated rings. The molecule has 0 aromatic heterocycles. The number of benzene rings is 1. The summed E-state index contributed by atoms with van der Waals surface area (Å²) in [4.78, 5) is 0. The van der Waals surface area contributed by atoms with E-state index >= 15 is 0 Å². The van der Waals surface area contributed by atoms with Gasteiger partial charge in [-0.25, -0.2) is 0 Å². The number of likely N-dealkylation sites (N-methyl/N-ethyl adjacent to an activating group) is 1. The molecule has 1 heterocycles. The van der Waals surface area contributed by atoms with Crippen molar-refractivity contribution in [2.24, 2.45) is 0 Å². The zero-order valence-corrected chi connectivity index (χ0v) is 9.95. The Morgan fingerprint density at radius 1 is 1.50 bits per heavy atom. The smallest absolute Gasteiger partial charge is 0.119 e. The van der Waals surface area contributed by atoms with Crippen molar-refractivity contribution in [1.82, 2.24) is 5.32 Å². The monoisotopic (exact) mass is 221 g/mol. The average Bonchev–Trinajstić information content (AvgIpc) is 2.51. The molecule has 0 bridgehead atoms. The maximum atomic E-state index is 5.58.